The van der Waals surface area contributed by atoms with Gasteiger partial charge in [0.05, 0.1) is 0 Å². The summed E-state index contributed by atoms with van der Waals surface area (Å²) < 4.78 is 0. The average molecular weight is 180 g/mol. The molecule has 0 bridgehead atoms. The summed E-state index contributed by atoms with van der Waals surface area (Å²) in [7, 11) is 0. The fourth-order valence-corrected chi connectivity index (χ4v) is 0.838. The second-order valence-electron chi connectivity index (χ2n) is 2.83. The lowest BCUT2D eigenvalue weighted by atomic mass is 10.3. The number of carbonyl (C=O) groups excluding carboxylic acids is 1. The molecule has 0 aliphatic rings. The molecule has 4 nitrogen and oxygen atoms in total. The first-order chi connectivity index (χ1) is 6.11. The Morgan fingerprint density at radius 1 is 1.69 bits per heavy atom. The molecule has 1 amide bonds. The zero-order valence-corrected chi connectivity index (χ0v) is 7.61. The Kier molecular flexibility index (Phi) is 2.97. The number of nitrogens with zero attached hydrogens (tertiary/aromatic N) is 1. The fraction of sp³-hybridized carbons (Fsp3) is 0.333. The predicted octanol–water partition coefficient (Wildman–Crippen LogP) is 0.709. The van der Waals surface area contributed by atoms with Crippen molar-refractivity contribution >= 4 is 11.7 Å². The van der Waals surface area contributed by atoms with E-state index in [0.717, 1.165) is 5.56 Å². The fourth-order valence-electron chi connectivity index (χ4n) is 0.838. The van der Waals surface area contributed by atoms with Crippen LogP contribution in [0.2, 0.25) is 0 Å². The van der Waals surface area contributed by atoms with E-state index in [9.17, 15) is 4.79 Å². The van der Waals surface area contributed by atoms with Gasteiger partial charge in [-0.2, -0.15) is 0 Å². The molecule has 0 aromatic carbocycles. The monoisotopic (exact) mass is 180 g/mol. The number of nitrogens with one attached hydrogen (secondary N) is 1. The molecular formula is C9H12N2O2. The second-order valence-corrected chi connectivity index (χ2v) is 2.83. The Morgan fingerprint density at radius 3 is 2.92 bits per heavy atom. The highest BCUT2D eigenvalue weighted by Crippen LogP contribution is 2.08. The first kappa shape index (κ1) is 9.67. The first-order valence-corrected chi connectivity index (χ1v) is 4.02. The molecule has 1 rings (SSSR count). The minimum absolute atomic E-state index is 0.443. The van der Waals surface area contributed by atoms with E-state index in [2.05, 4.69) is 10.3 Å². The topological polar surface area (TPSA) is 62.2 Å². The van der Waals surface area contributed by atoms with Gasteiger partial charge in [0, 0.05) is 6.20 Å². The zero-order chi connectivity index (χ0) is 9.84. The van der Waals surface area contributed by atoms with Crippen molar-refractivity contribution in [2.75, 3.05) is 5.32 Å². The summed E-state index contributed by atoms with van der Waals surface area (Å²) in [5.74, 6) is 0.0511. The normalized spacial score (nSPS) is 12.2. The van der Waals surface area contributed by atoms with Gasteiger partial charge in [-0.1, -0.05) is 6.07 Å². The van der Waals surface area contributed by atoms with E-state index in [1.54, 1.807) is 12.3 Å². The summed E-state index contributed by atoms with van der Waals surface area (Å²) in [6.07, 6.45) is 0.575. The van der Waals surface area contributed by atoms with Crippen molar-refractivity contribution in [2.24, 2.45) is 0 Å². The zero-order valence-electron chi connectivity index (χ0n) is 7.61. The largest absolute Gasteiger partial charge is 0.384 e. The molecular weight excluding hydrogens is 168 g/mol. The number of anilines is 1. The van der Waals surface area contributed by atoms with Crippen LogP contribution in [0.1, 0.15) is 12.5 Å². The number of rotatable bonds is 2. The molecule has 0 saturated carbocycles. The molecule has 70 valence electrons. The molecule has 1 aromatic heterocycles. The maximum atomic E-state index is 11.1. The van der Waals surface area contributed by atoms with Crippen LogP contribution >= 0.6 is 0 Å². The highest BCUT2D eigenvalue weighted by atomic mass is 16.3. The Hall–Kier alpha value is -1.42. The molecule has 4 heteroatoms. The van der Waals surface area contributed by atoms with Crippen molar-refractivity contribution in [3.8, 4) is 0 Å². The van der Waals surface area contributed by atoms with E-state index in [-0.39, 0.29) is 0 Å². The van der Waals surface area contributed by atoms with Gasteiger partial charge in [0.15, 0.2) is 0 Å². The van der Waals surface area contributed by atoms with Crippen LogP contribution in [-0.4, -0.2) is 22.1 Å². The average Bonchev–Trinajstić information content (AvgIpc) is 2.08. The maximum absolute atomic E-state index is 11.1. The summed E-state index contributed by atoms with van der Waals surface area (Å²) in [5, 5.41) is 11.4. The summed E-state index contributed by atoms with van der Waals surface area (Å²) in [6, 6.07) is 3.62. The Morgan fingerprint density at radius 2 is 2.38 bits per heavy atom. The smallest absolute Gasteiger partial charge is 0.254 e. The predicted molar refractivity (Wildman–Crippen MR) is 49.3 cm³/mol. The number of hydrogen-bond acceptors (Lipinski definition) is 3. The van der Waals surface area contributed by atoms with Gasteiger partial charge in [-0.15, -0.1) is 0 Å². The third-order valence-corrected chi connectivity index (χ3v) is 1.63. The molecule has 0 aliphatic heterocycles. The van der Waals surface area contributed by atoms with E-state index in [4.69, 9.17) is 5.11 Å². The van der Waals surface area contributed by atoms with Crippen molar-refractivity contribution in [3.05, 3.63) is 23.9 Å². The van der Waals surface area contributed by atoms with Crippen LogP contribution in [0.25, 0.3) is 0 Å². The van der Waals surface area contributed by atoms with E-state index in [1.807, 2.05) is 13.0 Å². The molecule has 0 unspecified atom stereocenters. The Bertz CT molecular complexity index is 310. The van der Waals surface area contributed by atoms with Crippen molar-refractivity contribution < 1.29 is 9.90 Å². The minimum atomic E-state index is -1.01. The molecule has 0 fully saturated rings. The van der Waals surface area contributed by atoms with E-state index in [0.29, 0.717) is 5.82 Å². The Balaban J connectivity index is 2.75. The molecule has 13 heavy (non-hydrogen) atoms. The third-order valence-electron chi connectivity index (χ3n) is 1.63. The number of aromatic nitrogens is 1. The highest BCUT2D eigenvalue weighted by molar-refractivity contribution is 5.93. The van der Waals surface area contributed by atoms with Crippen molar-refractivity contribution in [3.63, 3.8) is 0 Å². The number of aliphatic hydroxyl groups excluding tert-OH is 1. The standard InChI is InChI=1S/C9H12N2O2/c1-6-4-3-5-10-8(6)11-9(13)7(2)12/h3-5,7,12H,1-2H3,(H,10,11,13)/t7-/m0/s1. The van der Waals surface area contributed by atoms with E-state index < -0.39 is 12.0 Å². The summed E-state index contributed by atoms with van der Waals surface area (Å²) >= 11 is 0. The number of aryl methyl sites for hydroxylation is 1. The molecule has 2 N–H and O–H groups in total. The molecule has 0 aliphatic carbocycles. The van der Waals surface area contributed by atoms with Crippen molar-refractivity contribution in [1.82, 2.24) is 4.98 Å². The minimum Gasteiger partial charge on any atom is -0.384 e. The Labute approximate surface area is 76.6 Å². The molecule has 1 aromatic rings. The van der Waals surface area contributed by atoms with E-state index in [1.165, 1.54) is 6.92 Å². The van der Waals surface area contributed by atoms with Crippen LogP contribution < -0.4 is 5.32 Å². The van der Waals surface area contributed by atoms with Gasteiger partial charge in [-0.25, -0.2) is 4.98 Å². The summed E-state index contributed by atoms with van der Waals surface area (Å²) in [4.78, 5) is 15.0. The first-order valence-electron chi connectivity index (χ1n) is 4.02. The summed E-state index contributed by atoms with van der Waals surface area (Å²) in [5.41, 5.74) is 0.872. The van der Waals surface area contributed by atoms with Crippen LogP contribution in [0.5, 0.6) is 0 Å². The lowest BCUT2D eigenvalue weighted by Gasteiger charge is -2.07. The lowest BCUT2D eigenvalue weighted by Crippen LogP contribution is -2.25. The number of hydrogen-bond donors (Lipinski definition) is 2. The van der Waals surface area contributed by atoms with Crippen LogP contribution in [0.15, 0.2) is 18.3 Å². The molecule has 0 radical (unpaired) electrons. The molecule has 1 heterocycles. The number of aliphatic hydroxyl groups is 1. The summed E-state index contributed by atoms with van der Waals surface area (Å²) in [6.45, 7) is 3.25. The number of carbonyl (C=O) groups is 1. The van der Waals surface area contributed by atoms with Gasteiger partial charge in [-0.3, -0.25) is 4.79 Å². The van der Waals surface area contributed by atoms with Crippen molar-refractivity contribution in [1.29, 1.82) is 0 Å². The van der Waals surface area contributed by atoms with E-state index >= 15 is 0 Å². The van der Waals surface area contributed by atoms with Gasteiger partial charge in [0.25, 0.3) is 5.91 Å². The second kappa shape index (κ2) is 4.00. The molecule has 1 atom stereocenters. The van der Waals surface area contributed by atoms with Gasteiger partial charge in [-0.05, 0) is 25.5 Å². The van der Waals surface area contributed by atoms with Gasteiger partial charge < -0.3 is 10.4 Å². The molecule has 0 saturated heterocycles. The third kappa shape index (κ3) is 2.52. The van der Waals surface area contributed by atoms with Crippen LogP contribution in [0.4, 0.5) is 5.82 Å². The van der Waals surface area contributed by atoms with Crippen LogP contribution in [-0.2, 0) is 4.79 Å². The maximum Gasteiger partial charge on any atom is 0.254 e. The van der Waals surface area contributed by atoms with Gasteiger partial charge in [0.2, 0.25) is 0 Å². The van der Waals surface area contributed by atoms with Crippen molar-refractivity contribution in [2.45, 2.75) is 20.0 Å². The number of pyridine rings is 1. The highest BCUT2D eigenvalue weighted by Gasteiger charge is 2.09. The van der Waals surface area contributed by atoms with Crippen LogP contribution in [0, 0.1) is 6.92 Å². The van der Waals surface area contributed by atoms with Gasteiger partial charge in [0.1, 0.15) is 11.9 Å². The number of amides is 1. The van der Waals surface area contributed by atoms with Gasteiger partial charge >= 0.3 is 0 Å². The molecule has 0 spiro atoms. The lowest BCUT2D eigenvalue weighted by molar-refractivity contribution is -0.123. The quantitative estimate of drug-likeness (QED) is 0.704. The van der Waals surface area contributed by atoms with Crippen LogP contribution in [0.3, 0.4) is 0 Å². The SMILES string of the molecule is Cc1cccnc1NC(=O)[C@H](C)O.